The fourth-order valence-corrected chi connectivity index (χ4v) is 2.86. The summed E-state index contributed by atoms with van der Waals surface area (Å²) in [6.07, 6.45) is -2.96. The molecular formula is C20H20ClF3N6. The Bertz CT molecular complexity index is 996. The van der Waals surface area contributed by atoms with Crippen LogP contribution >= 0.6 is 11.6 Å². The Kier molecular flexibility index (Phi) is 6.73. The predicted molar refractivity (Wildman–Crippen MR) is 112 cm³/mol. The van der Waals surface area contributed by atoms with Crippen molar-refractivity contribution in [1.29, 1.82) is 0 Å². The van der Waals surface area contributed by atoms with Crippen LogP contribution in [-0.2, 0) is 6.18 Å². The minimum Gasteiger partial charge on any atom is -0.353 e. The first-order valence-corrected chi connectivity index (χ1v) is 9.43. The standard InChI is InChI=1S/C20H20ClF3N6/c1-30(2)11-10-26-19-27-16(15-8-3-4-9-25-15)12-17(29-19)28-18-13(20(22,23)24)6-5-7-14(18)21/h3-9,12H,10-11H2,1-2H3,(H2,26,27,28,29). The average Bonchev–Trinajstić information content (AvgIpc) is 2.69. The maximum absolute atomic E-state index is 13.4. The summed E-state index contributed by atoms with van der Waals surface area (Å²) in [6, 6.07) is 10.5. The van der Waals surface area contributed by atoms with E-state index in [0.29, 0.717) is 17.9 Å². The molecule has 0 atom stereocenters. The summed E-state index contributed by atoms with van der Waals surface area (Å²) in [4.78, 5) is 15.0. The lowest BCUT2D eigenvalue weighted by Crippen LogP contribution is -2.21. The van der Waals surface area contributed by atoms with Crippen LogP contribution in [0.5, 0.6) is 0 Å². The molecule has 3 rings (SSSR count). The Labute approximate surface area is 177 Å². The third kappa shape index (κ3) is 5.58. The molecule has 0 aliphatic rings. The fourth-order valence-electron chi connectivity index (χ4n) is 2.64. The number of nitrogens with zero attached hydrogens (tertiary/aromatic N) is 4. The average molecular weight is 437 g/mol. The quantitative estimate of drug-likeness (QED) is 0.547. The summed E-state index contributed by atoms with van der Waals surface area (Å²) in [5.41, 5.74) is -0.124. The van der Waals surface area contributed by atoms with E-state index in [1.807, 2.05) is 19.0 Å². The monoisotopic (exact) mass is 436 g/mol. The molecule has 0 bridgehead atoms. The van der Waals surface area contributed by atoms with E-state index in [4.69, 9.17) is 11.6 Å². The van der Waals surface area contributed by atoms with Crippen molar-refractivity contribution in [2.45, 2.75) is 6.18 Å². The maximum atomic E-state index is 13.4. The minimum absolute atomic E-state index is 0.0649. The number of alkyl halides is 3. The van der Waals surface area contributed by atoms with E-state index in [-0.39, 0.29) is 22.5 Å². The number of likely N-dealkylation sites (N-methyl/N-ethyl adjacent to an activating group) is 1. The number of hydrogen-bond donors (Lipinski definition) is 2. The van der Waals surface area contributed by atoms with Gasteiger partial charge in [-0.3, -0.25) is 4.98 Å². The zero-order chi connectivity index (χ0) is 21.7. The first kappa shape index (κ1) is 21.8. The van der Waals surface area contributed by atoms with E-state index in [1.54, 1.807) is 24.4 Å². The summed E-state index contributed by atoms with van der Waals surface area (Å²) in [7, 11) is 3.85. The van der Waals surface area contributed by atoms with Gasteiger partial charge in [-0.15, -0.1) is 0 Å². The molecule has 0 spiro atoms. The molecule has 2 heterocycles. The molecule has 0 aliphatic carbocycles. The van der Waals surface area contributed by atoms with Gasteiger partial charge < -0.3 is 15.5 Å². The molecule has 0 radical (unpaired) electrons. The highest BCUT2D eigenvalue weighted by Crippen LogP contribution is 2.39. The molecule has 0 aliphatic heterocycles. The normalized spacial score (nSPS) is 11.6. The first-order valence-electron chi connectivity index (χ1n) is 9.06. The highest BCUT2D eigenvalue weighted by Gasteiger charge is 2.34. The van der Waals surface area contributed by atoms with Gasteiger partial charge in [0.15, 0.2) is 0 Å². The van der Waals surface area contributed by atoms with E-state index in [2.05, 4.69) is 25.6 Å². The number of benzene rings is 1. The van der Waals surface area contributed by atoms with E-state index < -0.39 is 11.7 Å². The van der Waals surface area contributed by atoms with Crippen LogP contribution in [0.15, 0.2) is 48.7 Å². The van der Waals surface area contributed by atoms with Crippen molar-refractivity contribution in [2.24, 2.45) is 0 Å². The van der Waals surface area contributed by atoms with E-state index in [1.165, 1.54) is 18.2 Å². The van der Waals surface area contributed by atoms with Crippen LogP contribution < -0.4 is 10.6 Å². The zero-order valence-electron chi connectivity index (χ0n) is 16.3. The van der Waals surface area contributed by atoms with Crippen LogP contribution in [0.1, 0.15) is 5.56 Å². The second-order valence-electron chi connectivity index (χ2n) is 6.69. The van der Waals surface area contributed by atoms with Gasteiger partial charge in [-0.05, 0) is 38.4 Å². The van der Waals surface area contributed by atoms with Gasteiger partial charge in [0.05, 0.1) is 27.7 Å². The Hall–Kier alpha value is -2.91. The molecule has 10 heteroatoms. The molecule has 6 nitrogen and oxygen atoms in total. The van der Waals surface area contributed by atoms with Crippen molar-refractivity contribution < 1.29 is 13.2 Å². The molecule has 3 aromatic rings. The van der Waals surface area contributed by atoms with Crippen molar-refractivity contribution in [1.82, 2.24) is 19.9 Å². The van der Waals surface area contributed by atoms with Crippen LogP contribution in [0.4, 0.5) is 30.6 Å². The fraction of sp³-hybridized carbons (Fsp3) is 0.250. The first-order chi connectivity index (χ1) is 14.2. The van der Waals surface area contributed by atoms with Crippen LogP contribution in [0.2, 0.25) is 5.02 Å². The van der Waals surface area contributed by atoms with Gasteiger partial charge in [0.2, 0.25) is 5.95 Å². The molecule has 2 N–H and O–H groups in total. The van der Waals surface area contributed by atoms with Crippen LogP contribution in [-0.4, -0.2) is 47.0 Å². The highest BCUT2D eigenvalue weighted by atomic mass is 35.5. The largest absolute Gasteiger partial charge is 0.418 e. The molecule has 0 unspecified atom stereocenters. The Morgan fingerprint density at radius 1 is 1.03 bits per heavy atom. The minimum atomic E-state index is -4.57. The van der Waals surface area contributed by atoms with E-state index >= 15 is 0 Å². The van der Waals surface area contributed by atoms with E-state index in [0.717, 1.165) is 12.6 Å². The molecular weight excluding hydrogens is 417 g/mol. The summed E-state index contributed by atoms with van der Waals surface area (Å²) < 4.78 is 40.3. The molecule has 30 heavy (non-hydrogen) atoms. The van der Waals surface area contributed by atoms with Gasteiger partial charge in [-0.25, -0.2) is 4.98 Å². The molecule has 2 aromatic heterocycles. The van der Waals surface area contributed by atoms with Gasteiger partial charge in [-0.1, -0.05) is 23.7 Å². The van der Waals surface area contributed by atoms with Crippen molar-refractivity contribution in [3.8, 4) is 11.4 Å². The third-order valence-electron chi connectivity index (χ3n) is 4.07. The summed E-state index contributed by atoms with van der Waals surface area (Å²) in [5.74, 6) is 0.430. The topological polar surface area (TPSA) is 66.0 Å². The second-order valence-corrected chi connectivity index (χ2v) is 7.10. The molecule has 0 fully saturated rings. The lowest BCUT2D eigenvalue weighted by molar-refractivity contribution is -0.136. The van der Waals surface area contributed by atoms with Gasteiger partial charge in [-0.2, -0.15) is 18.2 Å². The molecule has 1 aromatic carbocycles. The number of anilines is 3. The molecule has 0 saturated carbocycles. The molecule has 0 saturated heterocycles. The van der Waals surface area contributed by atoms with Gasteiger partial charge in [0.1, 0.15) is 5.82 Å². The van der Waals surface area contributed by atoms with Crippen molar-refractivity contribution >= 4 is 29.1 Å². The van der Waals surface area contributed by atoms with Gasteiger partial charge in [0, 0.05) is 25.4 Å². The Morgan fingerprint density at radius 2 is 1.83 bits per heavy atom. The number of nitrogens with one attached hydrogen (secondary N) is 2. The number of rotatable bonds is 7. The second kappa shape index (κ2) is 9.27. The Morgan fingerprint density at radius 3 is 2.50 bits per heavy atom. The number of halogens is 4. The predicted octanol–water partition coefficient (Wildman–Crippen LogP) is 4.93. The maximum Gasteiger partial charge on any atom is 0.418 e. The zero-order valence-corrected chi connectivity index (χ0v) is 17.1. The van der Waals surface area contributed by atoms with E-state index in [9.17, 15) is 13.2 Å². The summed E-state index contributed by atoms with van der Waals surface area (Å²) >= 11 is 6.06. The number of pyridine rings is 1. The third-order valence-corrected chi connectivity index (χ3v) is 4.38. The highest BCUT2D eigenvalue weighted by molar-refractivity contribution is 6.33. The van der Waals surface area contributed by atoms with Crippen molar-refractivity contribution in [3.05, 3.63) is 59.2 Å². The number of para-hydroxylation sites is 1. The van der Waals surface area contributed by atoms with Crippen molar-refractivity contribution in [3.63, 3.8) is 0 Å². The van der Waals surface area contributed by atoms with Crippen LogP contribution in [0.25, 0.3) is 11.4 Å². The SMILES string of the molecule is CN(C)CCNc1nc(Nc2c(Cl)cccc2C(F)(F)F)cc(-c2ccccn2)n1. The van der Waals surface area contributed by atoms with Crippen LogP contribution in [0, 0.1) is 0 Å². The lowest BCUT2D eigenvalue weighted by atomic mass is 10.1. The van der Waals surface area contributed by atoms with Gasteiger partial charge in [0.25, 0.3) is 0 Å². The summed E-state index contributed by atoms with van der Waals surface area (Å²) in [5, 5.41) is 5.74. The number of aromatic nitrogens is 3. The van der Waals surface area contributed by atoms with Crippen LogP contribution in [0.3, 0.4) is 0 Å². The molecule has 0 amide bonds. The lowest BCUT2D eigenvalue weighted by Gasteiger charge is -2.17. The smallest absolute Gasteiger partial charge is 0.353 e. The number of hydrogen-bond acceptors (Lipinski definition) is 6. The summed E-state index contributed by atoms with van der Waals surface area (Å²) in [6.45, 7) is 1.28. The Balaban J connectivity index is 2.00. The molecule has 158 valence electrons. The van der Waals surface area contributed by atoms with Crippen molar-refractivity contribution in [2.75, 3.05) is 37.8 Å². The van der Waals surface area contributed by atoms with Gasteiger partial charge >= 0.3 is 6.18 Å².